The summed E-state index contributed by atoms with van der Waals surface area (Å²) in [6, 6.07) is 13.1. The maximum absolute atomic E-state index is 12.0. The van der Waals surface area contributed by atoms with Crippen LogP contribution in [0.25, 0.3) is 10.8 Å². The Morgan fingerprint density at radius 2 is 1.86 bits per heavy atom. The van der Waals surface area contributed by atoms with Crippen molar-refractivity contribution in [3.8, 4) is 0 Å². The molecule has 2 aromatic carbocycles. The molecule has 2 rings (SSSR count). The van der Waals surface area contributed by atoms with E-state index >= 15 is 0 Å². The summed E-state index contributed by atoms with van der Waals surface area (Å²) in [5, 5.41) is 14.0. The van der Waals surface area contributed by atoms with Crippen molar-refractivity contribution in [1.82, 2.24) is 5.32 Å². The summed E-state index contributed by atoms with van der Waals surface area (Å²) in [4.78, 5) is 23.2. The van der Waals surface area contributed by atoms with E-state index in [2.05, 4.69) is 5.32 Å². The van der Waals surface area contributed by atoms with Gasteiger partial charge in [0.1, 0.15) is 0 Å². The standard InChI is InChI=1S/C18H21NO3/c1-2-3-11-17(20)19-16(12-18(21)22)15-10-6-8-13-7-4-5-9-14(13)15/h4-10,16H,2-3,11-12H2,1H3,(H,19,20)(H,21,22)/t16-/m1/s1. The quantitative estimate of drug-likeness (QED) is 0.820. The maximum atomic E-state index is 12.0. The van der Waals surface area contributed by atoms with Crippen molar-refractivity contribution in [1.29, 1.82) is 0 Å². The Bertz CT molecular complexity index is 661. The highest BCUT2D eigenvalue weighted by molar-refractivity contribution is 5.87. The number of carbonyl (C=O) groups excluding carboxylic acids is 1. The van der Waals surface area contributed by atoms with Gasteiger partial charge in [0.05, 0.1) is 12.5 Å². The first-order valence-electron chi connectivity index (χ1n) is 7.60. The lowest BCUT2D eigenvalue weighted by Gasteiger charge is -2.19. The van der Waals surface area contributed by atoms with Crippen molar-refractivity contribution < 1.29 is 14.7 Å². The van der Waals surface area contributed by atoms with E-state index in [0.29, 0.717) is 6.42 Å². The summed E-state index contributed by atoms with van der Waals surface area (Å²) in [6.45, 7) is 2.02. The highest BCUT2D eigenvalue weighted by Crippen LogP contribution is 2.26. The van der Waals surface area contributed by atoms with E-state index in [1.165, 1.54) is 0 Å². The molecule has 0 aliphatic heterocycles. The minimum atomic E-state index is -0.922. The Labute approximate surface area is 130 Å². The Kier molecular flexibility index (Phi) is 5.53. The van der Waals surface area contributed by atoms with Gasteiger partial charge in [-0.1, -0.05) is 55.8 Å². The molecule has 1 amide bonds. The number of carboxylic acids is 1. The van der Waals surface area contributed by atoms with Crippen LogP contribution in [-0.2, 0) is 9.59 Å². The lowest BCUT2D eigenvalue weighted by atomic mass is 9.96. The average molecular weight is 299 g/mol. The van der Waals surface area contributed by atoms with Crippen LogP contribution in [-0.4, -0.2) is 17.0 Å². The molecule has 116 valence electrons. The van der Waals surface area contributed by atoms with E-state index in [0.717, 1.165) is 29.2 Å². The average Bonchev–Trinajstić information content (AvgIpc) is 2.51. The number of unbranched alkanes of at least 4 members (excludes halogenated alkanes) is 1. The summed E-state index contributed by atoms with van der Waals surface area (Å²) < 4.78 is 0. The number of hydrogen-bond acceptors (Lipinski definition) is 2. The summed E-state index contributed by atoms with van der Waals surface area (Å²) >= 11 is 0. The van der Waals surface area contributed by atoms with E-state index in [1.54, 1.807) is 0 Å². The predicted octanol–water partition coefficient (Wildman–Crippen LogP) is 3.66. The fourth-order valence-electron chi connectivity index (χ4n) is 2.57. The topological polar surface area (TPSA) is 66.4 Å². The first-order valence-corrected chi connectivity index (χ1v) is 7.60. The molecule has 0 bridgehead atoms. The summed E-state index contributed by atoms with van der Waals surface area (Å²) in [6.07, 6.45) is 2.05. The van der Waals surface area contributed by atoms with Crippen LogP contribution in [0.2, 0.25) is 0 Å². The molecule has 0 saturated carbocycles. The lowest BCUT2D eigenvalue weighted by molar-refractivity contribution is -0.137. The van der Waals surface area contributed by atoms with Crippen LogP contribution in [0.15, 0.2) is 42.5 Å². The molecular formula is C18H21NO3. The molecular weight excluding hydrogens is 278 g/mol. The summed E-state index contributed by atoms with van der Waals surface area (Å²) in [7, 11) is 0. The van der Waals surface area contributed by atoms with Gasteiger partial charge in [-0.2, -0.15) is 0 Å². The first kappa shape index (κ1) is 16.0. The fourth-order valence-corrected chi connectivity index (χ4v) is 2.57. The molecule has 0 radical (unpaired) electrons. The molecule has 0 saturated heterocycles. The molecule has 0 unspecified atom stereocenters. The van der Waals surface area contributed by atoms with Crippen LogP contribution in [0.4, 0.5) is 0 Å². The third-order valence-electron chi connectivity index (χ3n) is 3.67. The zero-order valence-corrected chi connectivity index (χ0v) is 12.7. The number of rotatable bonds is 7. The molecule has 4 nitrogen and oxygen atoms in total. The highest BCUT2D eigenvalue weighted by Gasteiger charge is 2.19. The molecule has 0 aromatic heterocycles. The molecule has 4 heteroatoms. The molecule has 0 fully saturated rings. The zero-order chi connectivity index (χ0) is 15.9. The van der Waals surface area contributed by atoms with Gasteiger partial charge in [-0.3, -0.25) is 9.59 Å². The lowest BCUT2D eigenvalue weighted by Crippen LogP contribution is -2.30. The molecule has 2 N–H and O–H groups in total. The zero-order valence-electron chi connectivity index (χ0n) is 12.7. The smallest absolute Gasteiger partial charge is 0.305 e. The number of nitrogens with one attached hydrogen (secondary N) is 1. The van der Waals surface area contributed by atoms with Gasteiger partial charge in [0.15, 0.2) is 0 Å². The van der Waals surface area contributed by atoms with Gasteiger partial charge in [0.25, 0.3) is 0 Å². The van der Waals surface area contributed by atoms with Crippen LogP contribution in [0.1, 0.15) is 44.2 Å². The van der Waals surface area contributed by atoms with E-state index in [4.69, 9.17) is 5.11 Å². The van der Waals surface area contributed by atoms with Crippen molar-refractivity contribution in [3.63, 3.8) is 0 Å². The molecule has 0 heterocycles. The molecule has 22 heavy (non-hydrogen) atoms. The van der Waals surface area contributed by atoms with Gasteiger partial charge >= 0.3 is 5.97 Å². The van der Waals surface area contributed by atoms with E-state index in [-0.39, 0.29) is 12.3 Å². The summed E-state index contributed by atoms with van der Waals surface area (Å²) in [5.74, 6) is -1.02. The monoisotopic (exact) mass is 299 g/mol. The van der Waals surface area contributed by atoms with Crippen LogP contribution in [0.5, 0.6) is 0 Å². The van der Waals surface area contributed by atoms with Gasteiger partial charge in [-0.25, -0.2) is 0 Å². The van der Waals surface area contributed by atoms with E-state index in [9.17, 15) is 9.59 Å². The number of carbonyl (C=O) groups is 2. The minimum absolute atomic E-state index is 0.0963. The maximum Gasteiger partial charge on any atom is 0.305 e. The van der Waals surface area contributed by atoms with Crippen LogP contribution < -0.4 is 5.32 Å². The molecule has 0 aliphatic rings. The van der Waals surface area contributed by atoms with Crippen molar-refractivity contribution >= 4 is 22.6 Å². The number of aliphatic carboxylic acids is 1. The second kappa shape index (κ2) is 7.59. The van der Waals surface area contributed by atoms with E-state index < -0.39 is 12.0 Å². The van der Waals surface area contributed by atoms with Crippen LogP contribution in [0, 0.1) is 0 Å². The van der Waals surface area contributed by atoms with Gasteiger partial charge in [-0.15, -0.1) is 0 Å². The van der Waals surface area contributed by atoms with E-state index in [1.807, 2.05) is 49.4 Å². The largest absolute Gasteiger partial charge is 0.481 e. The van der Waals surface area contributed by atoms with Crippen LogP contribution >= 0.6 is 0 Å². The highest BCUT2D eigenvalue weighted by atomic mass is 16.4. The minimum Gasteiger partial charge on any atom is -0.481 e. The van der Waals surface area contributed by atoms with Gasteiger partial charge in [-0.05, 0) is 22.8 Å². The second-order valence-corrected chi connectivity index (χ2v) is 5.39. The number of benzene rings is 2. The normalized spacial score (nSPS) is 12.0. The van der Waals surface area contributed by atoms with Crippen molar-refractivity contribution in [2.24, 2.45) is 0 Å². The fraction of sp³-hybridized carbons (Fsp3) is 0.333. The Morgan fingerprint density at radius 3 is 2.59 bits per heavy atom. The van der Waals surface area contributed by atoms with Gasteiger partial charge in [0, 0.05) is 6.42 Å². The number of amides is 1. The number of fused-ring (bicyclic) bond motifs is 1. The van der Waals surface area contributed by atoms with Crippen LogP contribution in [0.3, 0.4) is 0 Å². The van der Waals surface area contributed by atoms with Crippen molar-refractivity contribution in [2.75, 3.05) is 0 Å². The molecule has 1 atom stereocenters. The third kappa shape index (κ3) is 4.07. The van der Waals surface area contributed by atoms with Gasteiger partial charge < -0.3 is 10.4 Å². The predicted molar refractivity (Wildman–Crippen MR) is 86.6 cm³/mol. The SMILES string of the molecule is CCCCC(=O)N[C@H](CC(=O)O)c1cccc2ccccc12. The second-order valence-electron chi connectivity index (χ2n) is 5.39. The third-order valence-corrected chi connectivity index (χ3v) is 3.67. The Morgan fingerprint density at radius 1 is 1.14 bits per heavy atom. The number of hydrogen-bond donors (Lipinski definition) is 2. The number of carboxylic acid groups (broad SMARTS) is 1. The molecule has 0 spiro atoms. The molecule has 2 aromatic rings. The summed E-state index contributed by atoms with van der Waals surface area (Å²) in [5.41, 5.74) is 0.852. The van der Waals surface area contributed by atoms with Gasteiger partial charge in [0.2, 0.25) is 5.91 Å². The Hall–Kier alpha value is -2.36. The van der Waals surface area contributed by atoms with Crippen molar-refractivity contribution in [3.05, 3.63) is 48.0 Å². The van der Waals surface area contributed by atoms with Crippen molar-refractivity contribution in [2.45, 2.75) is 38.6 Å². The first-order chi connectivity index (χ1) is 10.6. The molecule has 0 aliphatic carbocycles. The Balaban J connectivity index is 2.31.